The smallest absolute Gasteiger partial charge is 0.154 e. The van der Waals surface area contributed by atoms with E-state index < -0.39 is 14.6 Å². The molecule has 2 rings (SSSR count). The van der Waals surface area contributed by atoms with Crippen molar-refractivity contribution in [1.29, 1.82) is 0 Å². The number of nitrogens with one attached hydrogen (secondary N) is 1. The minimum absolute atomic E-state index is 0.00817. The van der Waals surface area contributed by atoms with Crippen LogP contribution in [0.5, 0.6) is 0 Å². The standard InChI is InChI=1S/C16H31NO3S/c1-5-10-17-14(15(2,3)21(4,18)19)13-7-11-20-16(12-13)8-6-9-16/h13-14,17H,5-12H2,1-4H3. The molecule has 4 nitrogen and oxygen atoms in total. The van der Waals surface area contributed by atoms with E-state index in [1.54, 1.807) is 0 Å². The first-order valence-corrected chi connectivity index (χ1v) is 10.2. The summed E-state index contributed by atoms with van der Waals surface area (Å²) < 4.78 is 29.8. The first kappa shape index (κ1) is 17.2. The SMILES string of the molecule is CCCNC(C1CCOC2(CCC2)C1)C(C)(C)S(C)(=O)=O. The molecule has 2 unspecified atom stereocenters. The van der Waals surface area contributed by atoms with Gasteiger partial charge in [0.05, 0.1) is 10.3 Å². The lowest BCUT2D eigenvalue weighted by molar-refractivity contribution is -0.148. The maximum atomic E-state index is 12.3. The van der Waals surface area contributed by atoms with E-state index in [0.717, 1.165) is 45.3 Å². The molecule has 0 aromatic rings. The Kier molecular flexibility index (Phi) is 5.06. The second-order valence-electron chi connectivity index (χ2n) is 7.45. The van der Waals surface area contributed by atoms with Gasteiger partial charge in [-0.1, -0.05) is 6.92 Å². The highest BCUT2D eigenvalue weighted by molar-refractivity contribution is 7.92. The monoisotopic (exact) mass is 317 g/mol. The highest BCUT2D eigenvalue weighted by atomic mass is 32.2. The zero-order chi connectivity index (χ0) is 15.7. The molecular weight excluding hydrogens is 286 g/mol. The summed E-state index contributed by atoms with van der Waals surface area (Å²) in [4.78, 5) is 0. The molecule has 1 saturated heterocycles. The van der Waals surface area contributed by atoms with Gasteiger partial charge >= 0.3 is 0 Å². The quantitative estimate of drug-likeness (QED) is 0.818. The molecular formula is C16H31NO3S. The molecule has 0 aromatic heterocycles. The number of ether oxygens (including phenoxy) is 1. The Morgan fingerprint density at radius 1 is 1.38 bits per heavy atom. The summed E-state index contributed by atoms with van der Waals surface area (Å²) in [6.07, 6.45) is 7.88. The van der Waals surface area contributed by atoms with Gasteiger partial charge in [0, 0.05) is 18.9 Å². The van der Waals surface area contributed by atoms with Gasteiger partial charge in [0.15, 0.2) is 9.84 Å². The van der Waals surface area contributed by atoms with Gasteiger partial charge in [-0.2, -0.15) is 0 Å². The second kappa shape index (κ2) is 6.17. The number of sulfone groups is 1. The van der Waals surface area contributed by atoms with E-state index in [-0.39, 0.29) is 11.6 Å². The molecule has 21 heavy (non-hydrogen) atoms. The van der Waals surface area contributed by atoms with Crippen LogP contribution in [-0.4, -0.2) is 44.2 Å². The van der Waals surface area contributed by atoms with E-state index >= 15 is 0 Å². The zero-order valence-corrected chi connectivity index (χ0v) is 14.8. The molecule has 0 radical (unpaired) electrons. The van der Waals surface area contributed by atoms with Crippen LogP contribution in [0.15, 0.2) is 0 Å². The van der Waals surface area contributed by atoms with Crippen molar-refractivity contribution in [3.63, 3.8) is 0 Å². The lowest BCUT2D eigenvalue weighted by Gasteiger charge is -2.51. The molecule has 1 spiro atoms. The molecule has 2 fully saturated rings. The van der Waals surface area contributed by atoms with Crippen molar-refractivity contribution in [1.82, 2.24) is 5.32 Å². The molecule has 1 heterocycles. The molecule has 1 saturated carbocycles. The Morgan fingerprint density at radius 2 is 2.05 bits per heavy atom. The zero-order valence-electron chi connectivity index (χ0n) is 13.9. The van der Waals surface area contributed by atoms with E-state index in [4.69, 9.17) is 4.74 Å². The summed E-state index contributed by atoms with van der Waals surface area (Å²) >= 11 is 0. The molecule has 0 aromatic carbocycles. The number of hydrogen-bond acceptors (Lipinski definition) is 4. The molecule has 5 heteroatoms. The summed E-state index contributed by atoms with van der Waals surface area (Å²) in [6, 6.07) is 0.00817. The third-order valence-electron chi connectivity index (χ3n) is 5.59. The molecule has 1 aliphatic carbocycles. The van der Waals surface area contributed by atoms with E-state index in [1.165, 1.54) is 12.7 Å². The second-order valence-corrected chi connectivity index (χ2v) is 10.0. The largest absolute Gasteiger partial charge is 0.375 e. The fourth-order valence-corrected chi connectivity index (χ4v) is 4.52. The van der Waals surface area contributed by atoms with E-state index in [2.05, 4.69) is 12.2 Å². The average molecular weight is 317 g/mol. The van der Waals surface area contributed by atoms with Crippen LogP contribution in [0.4, 0.5) is 0 Å². The average Bonchev–Trinajstić information content (AvgIpc) is 2.36. The van der Waals surface area contributed by atoms with Crippen LogP contribution >= 0.6 is 0 Å². The highest BCUT2D eigenvalue weighted by Crippen LogP contribution is 2.46. The van der Waals surface area contributed by atoms with Gasteiger partial charge in [0.2, 0.25) is 0 Å². The predicted octanol–water partition coefficient (Wildman–Crippen LogP) is 2.53. The molecule has 2 atom stereocenters. The Bertz CT molecular complexity index is 454. The van der Waals surface area contributed by atoms with Crippen LogP contribution in [0.1, 0.15) is 59.3 Å². The fraction of sp³-hybridized carbons (Fsp3) is 1.00. The number of hydrogen-bond donors (Lipinski definition) is 1. The summed E-state index contributed by atoms with van der Waals surface area (Å²) in [5.74, 6) is 0.385. The summed E-state index contributed by atoms with van der Waals surface area (Å²) in [6.45, 7) is 7.51. The van der Waals surface area contributed by atoms with Crippen molar-refractivity contribution in [3.05, 3.63) is 0 Å². The normalized spacial score (nSPS) is 27.3. The minimum Gasteiger partial charge on any atom is -0.375 e. The molecule has 1 N–H and O–H groups in total. The first-order valence-electron chi connectivity index (χ1n) is 8.29. The molecule has 0 amide bonds. The van der Waals surface area contributed by atoms with E-state index in [9.17, 15) is 8.42 Å². The van der Waals surface area contributed by atoms with Crippen molar-refractivity contribution >= 4 is 9.84 Å². The summed E-state index contributed by atoms with van der Waals surface area (Å²) in [7, 11) is -3.11. The Hall–Kier alpha value is -0.130. The van der Waals surface area contributed by atoms with Crippen molar-refractivity contribution in [2.24, 2.45) is 5.92 Å². The van der Waals surface area contributed by atoms with Gasteiger partial charge in [0.1, 0.15) is 0 Å². The van der Waals surface area contributed by atoms with Crippen LogP contribution in [0.25, 0.3) is 0 Å². The van der Waals surface area contributed by atoms with Crippen LogP contribution in [-0.2, 0) is 14.6 Å². The summed E-state index contributed by atoms with van der Waals surface area (Å²) in [5, 5.41) is 3.54. The van der Waals surface area contributed by atoms with Crippen LogP contribution < -0.4 is 5.32 Å². The maximum Gasteiger partial charge on any atom is 0.154 e. The Labute approximate surface area is 129 Å². The molecule has 2 aliphatic rings. The lowest BCUT2D eigenvalue weighted by atomic mass is 9.69. The van der Waals surface area contributed by atoms with Crippen molar-refractivity contribution < 1.29 is 13.2 Å². The van der Waals surface area contributed by atoms with Gasteiger partial charge in [-0.05, 0) is 64.8 Å². The molecule has 124 valence electrons. The molecule has 0 bridgehead atoms. The summed E-state index contributed by atoms with van der Waals surface area (Å²) in [5.41, 5.74) is 0.0582. The Balaban J connectivity index is 2.19. The van der Waals surface area contributed by atoms with Gasteiger partial charge in [-0.15, -0.1) is 0 Å². The fourth-order valence-electron chi connectivity index (χ4n) is 3.78. The topological polar surface area (TPSA) is 55.4 Å². The highest BCUT2D eigenvalue weighted by Gasteiger charge is 2.49. The lowest BCUT2D eigenvalue weighted by Crippen LogP contribution is -2.59. The third kappa shape index (κ3) is 3.45. The van der Waals surface area contributed by atoms with Crippen LogP contribution in [0, 0.1) is 5.92 Å². The van der Waals surface area contributed by atoms with Crippen molar-refractivity contribution in [2.45, 2.75) is 75.7 Å². The van der Waals surface area contributed by atoms with Crippen LogP contribution in [0.2, 0.25) is 0 Å². The van der Waals surface area contributed by atoms with Gasteiger partial charge in [-0.25, -0.2) is 8.42 Å². The van der Waals surface area contributed by atoms with Gasteiger partial charge < -0.3 is 10.1 Å². The van der Waals surface area contributed by atoms with Crippen molar-refractivity contribution in [3.8, 4) is 0 Å². The predicted molar refractivity (Wildman–Crippen MR) is 86.3 cm³/mol. The van der Waals surface area contributed by atoms with Crippen LogP contribution in [0.3, 0.4) is 0 Å². The maximum absolute atomic E-state index is 12.3. The minimum atomic E-state index is -3.11. The third-order valence-corrected chi connectivity index (χ3v) is 7.75. The van der Waals surface area contributed by atoms with Crippen molar-refractivity contribution in [2.75, 3.05) is 19.4 Å². The Morgan fingerprint density at radius 3 is 2.52 bits per heavy atom. The first-order chi connectivity index (χ1) is 9.72. The molecule has 1 aliphatic heterocycles. The van der Waals surface area contributed by atoms with Gasteiger partial charge in [0.25, 0.3) is 0 Å². The van der Waals surface area contributed by atoms with Gasteiger partial charge in [-0.3, -0.25) is 0 Å². The van der Waals surface area contributed by atoms with E-state index in [1.807, 2.05) is 13.8 Å². The number of rotatable bonds is 6. The van der Waals surface area contributed by atoms with E-state index in [0.29, 0.717) is 5.92 Å².